The lowest BCUT2D eigenvalue weighted by Crippen LogP contribution is -2.40. The van der Waals surface area contributed by atoms with Gasteiger partial charge in [0.05, 0.1) is 32.8 Å². The van der Waals surface area contributed by atoms with Gasteiger partial charge in [-0.2, -0.15) is 0 Å². The molecule has 14 heteroatoms. The Morgan fingerprint density at radius 3 is 1.70 bits per heavy atom. The number of hydrogen-bond donors (Lipinski definition) is 0. The first-order valence-electron chi connectivity index (χ1n) is 25.8. The molecule has 0 heterocycles. The first-order valence-corrected chi connectivity index (χ1v) is 25.8. The second-order valence-electron chi connectivity index (χ2n) is 19.3. The summed E-state index contributed by atoms with van der Waals surface area (Å²) in [5.74, 6) is -3.13. The van der Waals surface area contributed by atoms with Crippen LogP contribution in [-0.2, 0) is 76.5 Å². The van der Waals surface area contributed by atoms with Crippen LogP contribution in [0.15, 0.2) is 72.8 Å². The van der Waals surface area contributed by atoms with E-state index in [-0.39, 0.29) is 50.6 Å². The van der Waals surface area contributed by atoms with E-state index in [2.05, 4.69) is 53.8 Å². The zero-order valence-corrected chi connectivity index (χ0v) is 44.2. The van der Waals surface area contributed by atoms with Crippen LogP contribution in [0.2, 0.25) is 0 Å². The van der Waals surface area contributed by atoms with Crippen LogP contribution in [0.1, 0.15) is 146 Å². The SMILES string of the molecule is C=C(C)C(=O)OCCCc1cc(-c2ccc(-c3ccc(C4CCC(CCCCC)CC4)cc3)cc2F)c(CC)c(CCCOC(=O)C(=C)C)c1OCC(CC)(COC(=O)CC(=O)OC)COC(=O)CC(=O)OC. The molecule has 13 nitrogen and oxygen atoms in total. The van der Waals surface area contributed by atoms with Gasteiger partial charge in [0, 0.05) is 16.7 Å². The van der Waals surface area contributed by atoms with Crippen LogP contribution < -0.4 is 4.74 Å². The highest BCUT2D eigenvalue weighted by molar-refractivity contribution is 5.92. The maximum Gasteiger partial charge on any atom is 0.333 e. The van der Waals surface area contributed by atoms with Crippen molar-refractivity contribution in [2.24, 2.45) is 11.3 Å². The van der Waals surface area contributed by atoms with Gasteiger partial charge in [-0.25, -0.2) is 14.0 Å². The highest BCUT2D eigenvalue weighted by Crippen LogP contribution is 2.42. The average Bonchev–Trinajstić information content (AvgIpc) is 3.38. The van der Waals surface area contributed by atoms with E-state index in [1.807, 2.05) is 19.1 Å². The molecule has 1 fully saturated rings. The van der Waals surface area contributed by atoms with Gasteiger partial charge in [-0.05, 0) is 141 Å². The minimum absolute atomic E-state index is 0.0372. The highest BCUT2D eigenvalue weighted by Gasteiger charge is 2.35. The number of rotatable bonds is 30. The Balaban J connectivity index is 1.79. The molecule has 1 saturated carbocycles. The van der Waals surface area contributed by atoms with Gasteiger partial charge in [-0.3, -0.25) is 19.2 Å². The highest BCUT2D eigenvalue weighted by atomic mass is 19.1. The number of methoxy groups -OCH3 is 2. The maximum atomic E-state index is 16.9. The molecule has 398 valence electrons. The Hall–Kier alpha value is -6.31. The zero-order chi connectivity index (χ0) is 53.5. The van der Waals surface area contributed by atoms with Gasteiger partial charge < -0.3 is 33.2 Å². The Morgan fingerprint density at radius 1 is 0.630 bits per heavy atom. The lowest BCUT2D eigenvalue weighted by Gasteiger charge is -2.33. The topological polar surface area (TPSA) is 167 Å². The second-order valence-corrected chi connectivity index (χ2v) is 19.3. The Bertz CT molecular complexity index is 2340. The number of halogens is 1. The largest absolute Gasteiger partial charge is 0.492 e. The van der Waals surface area contributed by atoms with Crippen LogP contribution in [0.3, 0.4) is 0 Å². The predicted octanol–water partition coefficient (Wildman–Crippen LogP) is 11.7. The normalized spacial score (nSPS) is 14.4. The van der Waals surface area contributed by atoms with Gasteiger partial charge >= 0.3 is 35.8 Å². The van der Waals surface area contributed by atoms with Crippen LogP contribution in [0.4, 0.5) is 4.39 Å². The van der Waals surface area contributed by atoms with Crippen LogP contribution in [0.5, 0.6) is 5.75 Å². The van der Waals surface area contributed by atoms with Crippen molar-refractivity contribution >= 4 is 35.8 Å². The van der Waals surface area contributed by atoms with E-state index >= 15 is 4.39 Å². The molecule has 1 aliphatic rings. The molecule has 0 bridgehead atoms. The lowest BCUT2D eigenvalue weighted by atomic mass is 9.77. The van der Waals surface area contributed by atoms with E-state index < -0.39 is 59.9 Å². The summed E-state index contributed by atoms with van der Waals surface area (Å²) < 4.78 is 55.1. The molecular formula is C59H77FO13. The molecule has 3 aromatic rings. The number of ether oxygens (including phenoxy) is 7. The first kappa shape index (κ1) is 59.3. The number of carbonyl (C=O) groups is 6. The fourth-order valence-corrected chi connectivity index (χ4v) is 9.12. The third-order valence-electron chi connectivity index (χ3n) is 13.7. The van der Waals surface area contributed by atoms with Crippen molar-refractivity contribution in [1.82, 2.24) is 0 Å². The number of benzene rings is 3. The van der Waals surface area contributed by atoms with Crippen molar-refractivity contribution in [2.45, 2.75) is 143 Å². The second kappa shape index (κ2) is 30.0. The Morgan fingerprint density at radius 2 is 1.19 bits per heavy atom. The van der Waals surface area contributed by atoms with E-state index in [0.717, 1.165) is 36.8 Å². The number of unbranched alkanes of at least 4 members (excludes halogenated alkanes) is 2. The Kier molecular flexibility index (Phi) is 24.4. The molecule has 0 amide bonds. The van der Waals surface area contributed by atoms with Crippen molar-refractivity contribution in [2.75, 3.05) is 47.3 Å². The van der Waals surface area contributed by atoms with Crippen molar-refractivity contribution in [3.05, 3.63) is 101 Å². The minimum Gasteiger partial charge on any atom is -0.492 e. The fourth-order valence-electron chi connectivity index (χ4n) is 9.12. The summed E-state index contributed by atoms with van der Waals surface area (Å²) >= 11 is 0. The predicted molar refractivity (Wildman–Crippen MR) is 277 cm³/mol. The van der Waals surface area contributed by atoms with E-state index in [1.54, 1.807) is 32.9 Å². The molecule has 0 aliphatic heterocycles. The van der Waals surface area contributed by atoms with Gasteiger partial charge in [0.15, 0.2) is 0 Å². The maximum absolute atomic E-state index is 16.9. The molecule has 0 aromatic heterocycles. The summed E-state index contributed by atoms with van der Waals surface area (Å²) in [5, 5.41) is 0. The van der Waals surface area contributed by atoms with Crippen molar-refractivity contribution < 1.29 is 66.3 Å². The summed E-state index contributed by atoms with van der Waals surface area (Å²) in [4.78, 5) is 74.4. The van der Waals surface area contributed by atoms with Gasteiger partial charge in [0.2, 0.25) is 0 Å². The molecule has 0 saturated heterocycles. The molecule has 0 radical (unpaired) electrons. The molecular weight excluding hydrogens is 936 g/mol. The number of esters is 6. The summed E-state index contributed by atoms with van der Waals surface area (Å²) in [5.41, 5.74) is 5.32. The zero-order valence-electron chi connectivity index (χ0n) is 44.2. The number of carbonyl (C=O) groups excluding carboxylic acids is 6. The molecule has 4 rings (SSSR count). The molecule has 0 N–H and O–H groups in total. The smallest absolute Gasteiger partial charge is 0.333 e. The first-order chi connectivity index (χ1) is 35.0. The fraction of sp³-hybridized carbons (Fsp3) is 0.525. The van der Waals surface area contributed by atoms with E-state index in [4.69, 9.17) is 23.7 Å². The van der Waals surface area contributed by atoms with Crippen LogP contribution in [0.25, 0.3) is 22.3 Å². The third-order valence-corrected chi connectivity index (χ3v) is 13.7. The average molecular weight is 1010 g/mol. The lowest BCUT2D eigenvalue weighted by molar-refractivity contribution is -0.160. The molecule has 0 unspecified atom stereocenters. The van der Waals surface area contributed by atoms with Gasteiger partial charge in [-0.15, -0.1) is 0 Å². The molecule has 0 spiro atoms. The van der Waals surface area contributed by atoms with Crippen LogP contribution in [0, 0.1) is 17.2 Å². The van der Waals surface area contributed by atoms with Crippen LogP contribution in [-0.4, -0.2) is 83.1 Å². The van der Waals surface area contributed by atoms with Crippen molar-refractivity contribution in [1.29, 1.82) is 0 Å². The molecule has 73 heavy (non-hydrogen) atoms. The molecule has 3 aromatic carbocycles. The van der Waals surface area contributed by atoms with E-state index in [1.165, 1.54) is 56.9 Å². The Labute approximate surface area is 431 Å². The molecule has 0 atom stereocenters. The van der Waals surface area contributed by atoms with Crippen molar-refractivity contribution in [3.63, 3.8) is 0 Å². The van der Waals surface area contributed by atoms with Gasteiger partial charge in [-0.1, -0.05) is 96.0 Å². The summed E-state index contributed by atoms with van der Waals surface area (Å²) in [6.45, 7) is 15.6. The summed E-state index contributed by atoms with van der Waals surface area (Å²) in [7, 11) is 2.28. The monoisotopic (exact) mass is 1010 g/mol. The van der Waals surface area contributed by atoms with Crippen molar-refractivity contribution in [3.8, 4) is 28.0 Å². The van der Waals surface area contributed by atoms with E-state index in [0.29, 0.717) is 66.0 Å². The third kappa shape index (κ3) is 18.3. The standard InChI is InChI=1S/C59H77FO13/c1-10-13-14-17-41-20-22-42(23-21-41)43-24-26-44(27-25-43)45-28-29-48(51(60)33-45)50-32-46(18-15-30-69-57(65)39(4)5)56(49(47(50)11-2)19-16-31-70-58(66)40(6)7)73-38-59(12-3,36-71-54(63)34-52(61)67-8)37-72-55(64)35-53(62)68-9/h24-29,32-33,41-42H,4,6,10-23,30-31,34-38H2,1-3,5,7-9H3. The summed E-state index contributed by atoms with van der Waals surface area (Å²) in [6, 6.07) is 15.7. The van der Waals surface area contributed by atoms with Crippen LogP contribution >= 0.6 is 0 Å². The minimum atomic E-state index is -1.22. The van der Waals surface area contributed by atoms with E-state index in [9.17, 15) is 28.8 Å². The summed E-state index contributed by atoms with van der Waals surface area (Å²) in [6.07, 6.45) is 10.7. The molecule has 1 aliphatic carbocycles. The number of hydrogen-bond acceptors (Lipinski definition) is 13. The van der Waals surface area contributed by atoms with Gasteiger partial charge in [0.25, 0.3) is 0 Å². The number of aryl methyl sites for hydroxylation is 1. The quantitative estimate of drug-likeness (QED) is 0.0204. The van der Waals surface area contributed by atoms with Gasteiger partial charge in [0.1, 0.15) is 44.2 Å².